The third-order valence-electron chi connectivity index (χ3n) is 25.2. The Hall–Kier alpha value is -15.6. The van der Waals surface area contributed by atoms with Crippen molar-refractivity contribution in [3.8, 4) is 159 Å². The van der Waals surface area contributed by atoms with Crippen LogP contribution in [0, 0.1) is 22.7 Å². The van der Waals surface area contributed by atoms with Crippen LogP contribution in [-0.2, 0) is 20.1 Å². The van der Waals surface area contributed by atoms with Crippen LogP contribution in [0.2, 0.25) is 5.28 Å². The molecule has 0 unspecified atom stereocenters. The fourth-order valence-electron chi connectivity index (χ4n) is 18.5. The molecule has 3 aliphatic heterocycles. The van der Waals surface area contributed by atoms with Crippen molar-refractivity contribution in [3.05, 3.63) is 449 Å². The van der Waals surface area contributed by atoms with Gasteiger partial charge in [-0.3, -0.25) is 0 Å². The minimum Gasteiger partial charge on any atom is -0.457 e. The average molecular weight is 1640 g/mol. The smallest absolute Gasteiger partial charge is 0.457 e. The van der Waals surface area contributed by atoms with Crippen LogP contribution in [0.3, 0.4) is 0 Å². The average Bonchev–Trinajstić information content (AvgIpc) is 1.51. The Labute approximate surface area is 736 Å². The summed E-state index contributed by atoms with van der Waals surface area (Å²) < 4.78 is 26.5. The van der Waals surface area contributed by atoms with E-state index in [9.17, 15) is 10.5 Å². The van der Waals surface area contributed by atoms with Crippen LogP contribution in [0.4, 0.5) is 0 Å². The first kappa shape index (κ1) is 77.7. The molecule has 598 valence electrons. The second-order valence-electron chi connectivity index (χ2n) is 32.9. The molecule has 14 heteroatoms. The van der Waals surface area contributed by atoms with E-state index in [-0.39, 0.29) is 5.28 Å². The third kappa shape index (κ3) is 13.4. The van der Waals surface area contributed by atoms with Gasteiger partial charge in [-0.05, 0) is 188 Å². The number of aromatic nitrogens is 6. The van der Waals surface area contributed by atoms with Gasteiger partial charge >= 0.3 is 7.12 Å². The molecule has 18 aromatic rings. The Morgan fingerprint density at radius 3 is 0.897 bits per heavy atom. The standard InChI is InChI=1S/C53H32N4O.C44H34BNO3.C15H10ClN3/c54-33-34-22-24-35(25-23-34)36-26-28-37(29-27-36)41-16-11-19-45-49(41)42-31-30-40(32-46(42)53(45)43-17-7-9-20-47(43)58-48-21-10-8-18-44(48)53)52-56-50(38-12-3-1-4-13-38)55-51(57-52)39-14-5-2-6-15-39;1-42(2)43(3,4)49-45(48-42)32-24-25-34-38(26-32)44(35-11-5-7-14-39(35)47-40-15-8-6-12-36(40)44)37-13-9-10-33(41(34)37)31-22-20-30(21-23-31)29-18-16-28(27-46)17-19-29;16-15-18-13(11-7-3-1-4-8-11)17-14(19-15)12-9-5-2-6-10-12/h1-32H;5-26H,1-4H3;1-10H. The maximum Gasteiger partial charge on any atom is 0.494 e. The number of hydrogen-bond acceptors (Lipinski definition) is 12. The Bertz CT molecular complexity index is 7150. The molecule has 1 saturated heterocycles. The Kier molecular flexibility index (Phi) is 19.5. The molecule has 2 spiro atoms. The fraction of sp³-hybridized carbons (Fsp3) is 0.0714. The van der Waals surface area contributed by atoms with Gasteiger partial charge in [-0.1, -0.05) is 334 Å². The second-order valence-corrected chi connectivity index (χ2v) is 33.2. The zero-order chi connectivity index (χ0) is 85.3. The van der Waals surface area contributed by atoms with E-state index in [0.29, 0.717) is 40.2 Å². The minimum absolute atomic E-state index is 0.202. The largest absolute Gasteiger partial charge is 0.494 e. The lowest BCUT2D eigenvalue weighted by Crippen LogP contribution is -2.41. The molecule has 0 atom stereocenters. The van der Waals surface area contributed by atoms with Gasteiger partial charge in [0.15, 0.2) is 29.1 Å². The minimum atomic E-state index is -0.692. The van der Waals surface area contributed by atoms with Crippen molar-refractivity contribution in [2.45, 2.75) is 49.7 Å². The molecule has 23 rings (SSSR count). The predicted octanol–water partition coefficient (Wildman–Crippen LogP) is 26.1. The Morgan fingerprint density at radius 2 is 0.540 bits per heavy atom. The van der Waals surface area contributed by atoms with E-state index >= 15 is 0 Å². The third-order valence-corrected chi connectivity index (χ3v) is 25.4. The van der Waals surface area contributed by atoms with E-state index in [1.54, 1.807) is 0 Å². The van der Waals surface area contributed by atoms with E-state index in [4.69, 9.17) is 45.3 Å². The number of benzene rings is 16. The summed E-state index contributed by atoms with van der Waals surface area (Å²) in [4.78, 5) is 28.1. The molecule has 0 radical (unpaired) electrons. The normalized spacial score (nSPS) is 14.0. The quantitative estimate of drug-likeness (QED) is 0.119. The number of hydrogen-bond donors (Lipinski definition) is 0. The number of ether oxygens (including phenoxy) is 2. The van der Waals surface area contributed by atoms with Gasteiger partial charge in [0.1, 0.15) is 23.0 Å². The van der Waals surface area contributed by atoms with Gasteiger partial charge in [0.2, 0.25) is 5.28 Å². The van der Waals surface area contributed by atoms with E-state index in [0.717, 1.165) is 129 Å². The van der Waals surface area contributed by atoms with Crippen LogP contribution >= 0.6 is 11.6 Å². The summed E-state index contributed by atoms with van der Waals surface area (Å²) in [7, 11) is -0.490. The van der Waals surface area contributed by atoms with Crippen molar-refractivity contribution in [2.75, 3.05) is 0 Å². The van der Waals surface area contributed by atoms with Crippen molar-refractivity contribution in [1.82, 2.24) is 29.9 Å². The molecule has 2 aromatic heterocycles. The molecule has 0 saturated carbocycles. The Balaban J connectivity index is 0.000000129. The van der Waals surface area contributed by atoms with Crippen molar-refractivity contribution in [3.63, 3.8) is 0 Å². The van der Waals surface area contributed by atoms with Gasteiger partial charge in [-0.25, -0.2) is 19.9 Å². The van der Waals surface area contributed by atoms with Gasteiger partial charge < -0.3 is 18.8 Å². The molecular formula is C112H76BClN8O4. The molecule has 5 aliphatic rings. The number of halogens is 1. The lowest BCUT2D eigenvalue weighted by atomic mass is 9.64. The van der Waals surface area contributed by atoms with Crippen LogP contribution in [0.5, 0.6) is 23.0 Å². The second kappa shape index (κ2) is 31.7. The summed E-state index contributed by atoms with van der Waals surface area (Å²) in [5.41, 5.74) is 27.5. The van der Waals surface area contributed by atoms with E-state index < -0.39 is 29.2 Å². The fourth-order valence-corrected chi connectivity index (χ4v) is 18.7. The van der Waals surface area contributed by atoms with Crippen molar-refractivity contribution >= 4 is 24.2 Å². The first-order valence-corrected chi connectivity index (χ1v) is 42.4. The SMILES string of the molecule is CC1(C)OB(c2ccc3c(c2)C2(c4ccccc4Oc4ccccc42)c2cccc(-c4ccc(-c5ccc(C#N)cc5)cc4)c2-3)OC1(C)C.Clc1nc(-c2ccccc2)nc(-c2ccccc2)n1.N#Cc1ccc(-c2ccc(-c3cccc4c3-c3ccc(-c5nc(-c6ccccc6)nc(-c6ccccc6)n5)cc3C43c4ccccc4Oc4ccccc43)cc2)cc1. The van der Waals surface area contributed by atoms with Crippen molar-refractivity contribution in [1.29, 1.82) is 10.5 Å². The summed E-state index contributed by atoms with van der Waals surface area (Å²) in [6.45, 7) is 8.40. The number of nitriles is 2. The van der Waals surface area contributed by atoms with E-state index in [2.05, 4.69) is 249 Å². The molecule has 0 amide bonds. The highest BCUT2D eigenvalue weighted by atomic mass is 35.5. The van der Waals surface area contributed by atoms with Crippen LogP contribution in [0.1, 0.15) is 83.3 Å². The van der Waals surface area contributed by atoms with E-state index in [1.807, 2.05) is 194 Å². The Morgan fingerprint density at radius 1 is 0.254 bits per heavy atom. The molecule has 0 bridgehead atoms. The van der Waals surface area contributed by atoms with Crippen LogP contribution in [0.15, 0.2) is 388 Å². The van der Waals surface area contributed by atoms with Crippen LogP contribution < -0.4 is 14.9 Å². The van der Waals surface area contributed by atoms with Gasteiger partial charge in [0.05, 0.1) is 45.3 Å². The number of fused-ring (bicyclic) bond motifs is 18. The lowest BCUT2D eigenvalue weighted by Gasteiger charge is -2.39. The van der Waals surface area contributed by atoms with Crippen molar-refractivity contribution < 1.29 is 18.8 Å². The molecule has 16 aromatic carbocycles. The number of nitrogens with zero attached hydrogens (tertiary/aromatic N) is 8. The highest BCUT2D eigenvalue weighted by Gasteiger charge is 2.56. The molecule has 0 N–H and O–H groups in total. The maximum absolute atomic E-state index is 9.32. The van der Waals surface area contributed by atoms with Crippen molar-refractivity contribution in [2.24, 2.45) is 0 Å². The van der Waals surface area contributed by atoms with Gasteiger partial charge in [-0.2, -0.15) is 20.5 Å². The highest BCUT2D eigenvalue weighted by Crippen LogP contribution is 2.66. The zero-order valence-electron chi connectivity index (χ0n) is 69.1. The van der Waals surface area contributed by atoms with Gasteiger partial charge in [0, 0.05) is 50.1 Å². The predicted molar refractivity (Wildman–Crippen MR) is 500 cm³/mol. The summed E-state index contributed by atoms with van der Waals surface area (Å²) in [5.74, 6) is 6.40. The lowest BCUT2D eigenvalue weighted by molar-refractivity contribution is 0.00578. The van der Waals surface area contributed by atoms with Gasteiger partial charge in [-0.15, -0.1) is 0 Å². The summed E-state index contributed by atoms with van der Waals surface area (Å²) in [6.07, 6.45) is 0. The number of para-hydroxylation sites is 4. The van der Waals surface area contributed by atoms with Crippen LogP contribution in [-0.4, -0.2) is 48.2 Å². The summed E-state index contributed by atoms with van der Waals surface area (Å²) >= 11 is 5.99. The first-order valence-electron chi connectivity index (χ1n) is 42.0. The molecular weight excluding hydrogens is 1570 g/mol. The topological polar surface area (TPSA) is 162 Å². The molecule has 126 heavy (non-hydrogen) atoms. The molecule has 5 heterocycles. The maximum atomic E-state index is 9.32. The highest BCUT2D eigenvalue weighted by molar-refractivity contribution is 6.62. The van der Waals surface area contributed by atoms with Gasteiger partial charge in [0.25, 0.3) is 0 Å². The molecule has 1 fully saturated rings. The molecule has 12 nitrogen and oxygen atoms in total. The monoisotopic (exact) mass is 1640 g/mol. The molecule has 2 aliphatic carbocycles. The number of rotatable bonds is 10. The summed E-state index contributed by atoms with van der Waals surface area (Å²) in [5, 5.41) is 18.8. The summed E-state index contributed by atoms with van der Waals surface area (Å²) in [6, 6.07) is 138. The zero-order valence-corrected chi connectivity index (χ0v) is 69.9. The van der Waals surface area contributed by atoms with Crippen LogP contribution in [0.25, 0.3) is 124 Å². The van der Waals surface area contributed by atoms with E-state index in [1.165, 1.54) is 38.9 Å². The first-order chi connectivity index (χ1) is 61.7.